The molecule has 0 bridgehead atoms. The van der Waals surface area contributed by atoms with Crippen molar-refractivity contribution in [3.05, 3.63) is 114 Å². The van der Waals surface area contributed by atoms with E-state index in [1.807, 2.05) is 13.8 Å². The molecule has 0 spiro atoms. The highest BCUT2D eigenvalue weighted by atomic mass is 19.4. The molecule has 54 heavy (non-hydrogen) atoms. The number of fused-ring (bicyclic) bond motifs is 1. The van der Waals surface area contributed by atoms with Crippen LogP contribution < -0.4 is 15.0 Å². The van der Waals surface area contributed by atoms with Gasteiger partial charge in [-0.25, -0.2) is 4.79 Å². The molecule has 1 atom stereocenters. The number of nitrogens with zero attached hydrogens (tertiary/aromatic N) is 1. The number of esters is 2. The number of ether oxygens (including phenoxy) is 4. The Balaban J connectivity index is 1.67. The molecule has 14 heteroatoms. The summed E-state index contributed by atoms with van der Waals surface area (Å²) in [4.78, 5) is 71.4. The molecule has 1 amide bonds. The first kappa shape index (κ1) is 39.0. The molecule has 1 aliphatic heterocycles. The van der Waals surface area contributed by atoms with E-state index in [2.05, 4.69) is 5.32 Å². The number of hydrogen-bond acceptors (Lipinski definition) is 10. The third-order valence-corrected chi connectivity index (χ3v) is 8.63. The zero-order valence-corrected chi connectivity index (χ0v) is 29.8. The third kappa shape index (κ3) is 7.77. The van der Waals surface area contributed by atoms with Gasteiger partial charge in [0.2, 0.25) is 17.1 Å². The van der Waals surface area contributed by atoms with E-state index < -0.39 is 47.1 Å². The van der Waals surface area contributed by atoms with Gasteiger partial charge in [-0.3, -0.25) is 19.2 Å². The van der Waals surface area contributed by atoms with Gasteiger partial charge in [0.1, 0.15) is 5.75 Å². The third-order valence-electron chi connectivity index (χ3n) is 8.63. The fourth-order valence-corrected chi connectivity index (χ4v) is 6.24. The maximum atomic E-state index is 15.0. The average Bonchev–Trinajstić information content (AvgIpc) is 3.14. The Bertz CT molecular complexity index is 2010. The highest BCUT2D eigenvalue weighted by Gasteiger charge is 2.62. The van der Waals surface area contributed by atoms with Gasteiger partial charge in [-0.1, -0.05) is 66.7 Å². The number of alkyl halides is 3. The van der Waals surface area contributed by atoms with Crippen LogP contribution in [0.15, 0.2) is 97.1 Å². The Labute approximate surface area is 309 Å². The van der Waals surface area contributed by atoms with Crippen molar-refractivity contribution in [3.8, 4) is 16.9 Å². The molecule has 11 nitrogen and oxygen atoms in total. The number of carbonyl (C=O) groups is 5. The lowest BCUT2D eigenvalue weighted by molar-refractivity contribution is -0.170. The number of benzene rings is 4. The van der Waals surface area contributed by atoms with Gasteiger partial charge < -0.3 is 29.2 Å². The van der Waals surface area contributed by atoms with Gasteiger partial charge in [-0.2, -0.15) is 13.2 Å². The van der Waals surface area contributed by atoms with Crippen LogP contribution in [0.1, 0.15) is 49.2 Å². The minimum absolute atomic E-state index is 0.0501. The van der Waals surface area contributed by atoms with E-state index in [0.29, 0.717) is 11.4 Å². The summed E-state index contributed by atoms with van der Waals surface area (Å²) < 4.78 is 62.3. The average molecular weight is 747 g/mol. The molecular formula is C40H37F3N2O9. The van der Waals surface area contributed by atoms with E-state index >= 15 is 0 Å². The number of carbonyl (C=O) groups excluding carboxylic acids is 5. The van der Waals surface area contributed by atoms with Gasteiger partial charge >= 0.3 is 24.3 Å². The van der Waals surface area contributed by atoms with Crippen molar-refractivity contribution in [3.63, 3.8) is 0 Å². The fourth-order valence-electron chi connectivity index (χ4n) is 6.24. The van der Waals surface area contributed by atoms with Crippen LogP contribution >= 0.6 is 0 Å². The summed E-state index contributed by atoms with van der Waals surface area (Å²) in [6.45, 7) is 6.10. The fraction of sp³-hybridized carbons (Fsp3) is 0.275. The second-order valence-electron chi connectivity index (χ2n) is 12.3. The molecule has 1 heterocycles. The van der Waals surface area contributed by atoms with E-state index in [1.54, 1.807) is 12.1 Å². The Morgan fingerprint density at radius 3 is 2.00 bits per heavy atom. The molecule has 0 aliphatic carbocycles. The zero-order valence-electron chi connectivity index (χ0n) is 29.8. The maximum absolute atomic E-state index is 15.0. The Morgan fingerprint density at radius 2 is 1.41 bits per heavy atom. The van der Waals surface area contributed by atoms with Crippen LogP contribution in [0.2, 0.25) is 0 Å². The first-order valence-corrected chi connectivity index (χ1v) is 17.0. The molecule has 4 aromatic rings. The van der Waals surface area contributed by atoms with E-state index in [4.69, 9.17) is 18.9 Å². The predicted molar refractivity (Wildman–Crippen MR) is 191 cm³/mol. The summed E-state index contributed by atoms with van der Waals surface area (Å²) in [5.74, 6) is -3.99. The SMILES string of the molecule is CCOC(=O)C(C(=O)OCC)(c1ccccc1)C(OC(=O)Oc1ccc2c(c1)N(C(C)C)C(=O)CN2)C(=O)c1ccccc1-c1ccc(C(F)(F)F)cc1. The van der Waals surface area contributed by atoms with Gasteiger partial charge in [0, 0.05) is 17.7 Å². The summed E-state index contributed by atoms with van der Waals surface area (Å²) in [5, 5.41) is 2.99. The molecule has 282 valence electrons. The van der Waals surface area contributed by atoms with Gasteiger partial charge in [0.15, 0.2) is 6.10 Å². The lowest BCUT2D eigenvalue weighted by Gasteiger charge is -2.35. The summed E-state index contributed by atoms with van der Waals surface area (Å²) in [6, 6.07) is 21.2. The Morgan fingerprint density at radius 1 is 0.796 bits per heavy atom. The van der Waals surface area contributed by atoms with E-state index in [0.717, 1.165) is 24.3 Å². The zero-order chi connectivity index (χ0) is 39.2. The lowest BCUT2D eigenvalue weighted by atomic mass is 9.72. The molecule has 0 saturated heterocycles. The minimum Gasteiger partial charge on any atom is -0.465 e. The number of ketones is 1. The molecule has 0 fully saturated rings. The van der Waals surface area contributed by atoms with Crippen molar-refractivity contribution in [2.24, 2.45) is 0 Å². The highest BCUT2D eigenvalue weighted by Crippen LogP contribution is 2.39. The first-order valence-electron chi connectivity index (χ1n) is 17.0. The number of hydrogen-bond donors (Lipinski definition) is 1. The number of anilines is 2. The summed E-state index contributed by atoms with van der Waals surface area (Å²) in [5.41, 5.74) is -2.75. The molecule has 1 aliphatic rings. The number of nitrogens with one attached hydrogen (secondary N) is 1. The first-order chi connectivity index (χ1) is 25.7. The van der Waals surface area contributed by atoms with Gasteiger partial charge in [-0.05, 0) is 68.7 Å². The molecular weight excluding hydrogens is 709 g/mol. The van der Waals surface area contributed by atoms with Crippen LogP contribution in [-0.2, 0) is 40.2 Å². The lowest BCUT2D eigenvalue weighted by Crippen LogP contribution is -2.59. The highest BCUT2D eigenvalue weighted by molar-refractivity contribution is 6.17. The summed E-state index contributed by atoms with van der Waals surface area (Å²) in [7, 11) is 0. The van der Waals surface area contributed by atoms with Gasteiger partial charge in [-0.15, -0.1) is 0 Å². The molecule has 0 radical (unpaired) electrons. The topological polar surface area (TPSA) is 138 Å². The quantitative estimate of drug-likeness (QED) is 0.0514. The van der Waals surface area contributed by atoms with Crippen molar-refractivity contribution < 1.29 is 56.1 Å². The van der Waals surface area contributed by atoms with Crippen molar-refractivity contribution in [2.45, 2.75) is 51.4 Å². The standard InChI is InChI=1S/C40H37F3N2O9/c1-5-51-36(48)39(37(49)52-6-2,26-12-8-7-9-13-26)35(34(47)30-15-11-10-14-29(30)25-16-18-27(19-17-25)40(41,42)43)54-38(50)53-28-20-21-31-32(22-28)45(24(3)4)33(46)23-44-31/h7-22,24,35,44H,5-6,23H2,1-4H3. The van der Waals surface area contributed by atoms with Crippen molar-refractivity contribution in [1.29, 1.82) is 0 Å². The van der Waals surface area contributed by atoms with Crippen molar-refractivity contribution in [1.82, 2.24) is 0 Å². The number of rotatable bonds is 12. The van der Waals surface area contributed by atoms with Crippen LogP contribution in [0.4, 0.5) is 29.3 Å². The Kier molecular flexibility index (Phi) is 11.7. The minimum atomic E-state index is -4.63. The second-order valence-corrected chi connectivity index (χ2v) is 12.3. The number of amides is 1. The van der Waals surface area contributed by atoms with Crippen LogP contribution in [0.25, 0.3) is 11.1 Å². The summed E-state index contributed by atoms with van der Waals surface area (Å²) >= 11 is 0. The maximum Gasteiger partial charge on any atom is 0.514 e. The van der Waals surface area contributed by atoms with Crippen LogP contribution in [0.3, 0.4) is 0 Å². The number of halogens is 3. The van der Waals surface area contributed by atoms with Crippen LogP contribution in [0, 0.1) is 0 Å². The van der Waals surface area contributed by atoms with E-state index in [1.165, 1.54) is 79.4 Å². The largest absolute Gasteiger partial charge is 0.514 e. The predicted octanol–water partition coefficient (Wildman–Crippen LogP) is 7.37. The van der Waals surface area contributed by atoms with Crippen molar-refractivity contribution in [2.75, 3.05) is 30.0 Å². The van der Waals surface area contributed by atoms with E-state index in [-0.39, 0.29) is 59.7 Å². The van der Waals surface area contributed by atoms with Gasteiger partial charge in [0.05, 0.1) is 36.7 Å². The monoisotopic (exact) mass is 746 g/mol. The van der Waals surface area contributed by atoms with Crippen molar-refractivity contribution >= 4 is 41.2 Å². The molecule has 1 N–H and O–H groups in total. The summed E-state index contributed by atoms with van der Waals surface area (Å²) in [6.07, 6.45) is -8.49. The smallest absolute Gasteiger partial charge is 0.465 e. The second kappa shape index (κ2) is 16.2. The van der Waals surface area contributed by atoms with Crippen LogP contribution in [-0.4, -0.2) is 61.7 Å². The Hall–Kier alpha value is -6.18. The normalized spacial score (nSPS) is 13.3. The van der Waals surface area contributed by atoms with Crippen LogP contribution in [0.5, 0.6) is 5.75 Å². The molecule has 0 saturated carbocycles. The van der Waals surface area contributed by atoms with Gasteiger partial charge in [0.25, 0.3) is 0 Å². The molecule has 4 aromatic carbocycles. The van der Waals surface area contributed by atoms with E-state index in [9.17, 15) is 37.1 Å². The molecule has 0 aromatic heterocycles. The molecule has 5 rings (SSSR count). The number of Topliss-reactive ketones (excluding diaryl/α,β-unsaturated/α-hetero) is 1. The molecule has 1 unspecified atom stereocenters.